The summed E-state index contributed by atoms with van der Waals surface area (Å²) in [5, 5.41) is 18.6. The first kappa shape index (κ1) is 16.8. The zero-order valence-corrected chi connectivity index (χ0v) is 13.6. The van der Waals surface area contributed by atoms with Gasteiger partial charge < -0.3 is 5.32 Å². The minimum atomic E-state index is -0.450. The van der Waals surface area contributed by atoms with Crippen molar-refractivity contribution in [2.24, 2.45) is 5.10 Å². The molecule has 0 radical (unpaired) electrons. The quantitative estimate of drug-likeness (QED) is 0.278. The van der Waals surface area contributed by atoms with E-state index in [-0.39, 0.29) is 5.69 Å². The summed E-state index contributed by atoms with van der Waals surface area (Å²) in [4.78, 5) is 19.4. The van der Waals surface area contributed by atoms with E-state index >= 15 is 0 Å². The van der Waals surface area contributed by atoms with Crippen molar-refractivity contribution in [2.75, 3.05) is 7.05 Å². The fourth-order valence-corrected chi connectivity index (χ4v) is 2.35. The molecule has 1 aromatic carbocycles. The van der Waals surface area contributed by atoms with Gasteiger partial charge in [-0.05, 0) is 36.1 Å². The molecule has 0 aliphatic heterocycles. The minimum absolute atomic E-state index is 0.0393. The molecular weight excluding hydrogens is 336 g/mol. The first-order valence-electron chi connectivity index (χ1n) is 6.34. The highest BCUT2D eigenvalue weighted by Gasteiger charge is 2.16. The van der Waals surface area contributed by atoms with Crippen LogP contribution in [0.1, 0.15) is 5.56 Å². The van der Waals surface area contributed by atoms with E-state index in [9.17, 15) is 10.1 Å². The summed E-state index contributed by atoms with van der Waals surface area (Å²) in [7, 11) is 1.66. The fourth-order valence-electron chi connectivity index (χ4n) is 1.50. The Balaban J connectivity index is 2.21. The van der Waals surface area contributed by atoms with Gasteiger partial charge in [0.25, 0.3) is 5.69 Å². The van der Waals surface area contributed by atoms with Crippen molar-refractivity contribution in [2.45, 2.75) is 10.1 Å². The van der Waals surface area contributed by atoms with Crippen molar-refractivity contribution in [1.82, 2.24) is 20.7 Å². The van der Waals surface area contributed by atoms with Crippen LogP contribution in [-0.2, 0) is 0 Å². The summed E-state index contributed by atoms with van der Waals surface area (Å²) in [6.45, 7) is 0. The molecule has 2 rings (SSSR count). The van der Waals surface area contributed by atoms with Gasteiger partial charge >= 0.3 is 0 Å². The molecule has 0 amide bonds. The molecule has 0 aliphatic carbocycles. The summed E-state index contributed by atoms with van der Waals surface area (Å²) < 4.78 is 0. The Labute approximate surface area is 141 Å². The lowest BCUT2D eigenvalue weighted by molar-refractivity contribution is -0.387. The fraction of sp³-hybridized carbons (Fsp3) is 0.0769. The molecule has 0 unspecified atom stereocenters. The summed E-state index contributed by atoms with van der Waals surface area (Å²) in [6.07, 6.45) is 4.61. The Morgan fingerprint density at radius 3 is 2.83 bits per heavy atom. The number of nitrogens with one attached hydrogen (secondary N) is 2. The number of rotatable bonds is 5. The average molecular weight is 348 g/mol. The first-order chi connectivity index (χ1) is 11.1. The molecule has 0 saturated heterocycles. The first-order valence-corrected chi connectivity index (χ1v) is 7.56. The molecule has 8 nitrogen and oxygen atoms in total. The number of hydrogen-bond donors (Lipinski definition) is 2. The van der Waals surface area contributed by atoms with E-state index in [1.807, 2.05) is 0 Å². The molecule has 0 atom stereocenters. The smallest absolute Gasteiger partial charge is 0.283 e. The van der Waals surface area contributed by atoms with Gasteiger partial charge in [-0.3, -0.25) is 15.5 Å². The van der Waals surface area contributed by atoms with Crippen LogP contribution in [-0.4, -0.2) is 33.3 Å². The number of nitro benzene ring substituents is 1. The molecule has 2 N–H and O–H groups in total. The van der Waals surface area contributed by atoms with E-state index < -0.39 is 4.92 Å². The summed E-state index contributed by atoms with van der Waals surface area (Å²) >= 11 is 6.00. The Morgan fingerprint density at radius 1 is 1.43 bits per heavy atom. The number of thiocarbonyl (C=S) groups is 1. The summed E-state index contributed by atoms with van der Waals surface area (Å²) in [5.41, 5.74) is 3.11. The van der Waals surface area contributed by atoms with Gasteiger partial charge in [-0.25, -0.2) is 9.97 Å². The van der Waals surface area contributed by atoms with E-state index in [1.165, 1.54) is 12.3 Å². The molecule has 10 heteroatoms. The zero-order valence-electron chi connectivity index (χ0n) is 12.0. The number of hydrazone groups is 1. The Bertz CT molecular complexity index is 738. The highest BCUT2D eigenvalue weighted by Crippen LogP contribution is 2.33. The Kier molecular flexibility index (Phi) is 5.94. The average Bonchev–Trinajstić information content (AvgIpc) is 2.56. The van der Waals surface area contributed by atoms with Crippen molar-refractivity contribution < 1.29 is 4.92 Å². The molecule has 1 heterocycles. The largest absolute Gasteiger partial charge is 0.364 e. The van der Waals surface area contributed by atoms with Gasteiger partial charge in [0.1, 0.15) is 0 Å². The lowest BCUT2D eigenvalue weighted by atomic mass is 10.2. The Hall–Kier alpha value is -2.59. The van der Waals surface area contributed by atoms with Crippen LogP contribution in [0.15, 0.2) is 51.8 Å². The predicted molar refractivity (Wildman–Crippen MR) is 91.6 cm³/mol. The minimum Gasteiger partial charge on any atom is -0.364 e. The van der Waals surface area contributed by atoms with Crippen molar-refractivity contribution in [1.29, 1.82) is 0 Å². The van der Waals surface area contributed by atoms with Gasteiger partial charge in [0, 0.05) is 31.1 Å². The standard InChI is InChI=1S/C13H12N6O2S2/c1-14-12(22)18-17-8-9-3-4-11(10(7-9)19(20)21)23-13-15-5-2-6-16-13/h2-8H,1H3,(H2,14,18,22)/b17-8-. The number of nitrogens with zero attached hydrogens (tertiary/aromatic N) is 4. The monoisotopic (exact) mass is 348 g/mol. The van der Waals surface area contributed by atoms with Crippen LogP contribution >= 0.6 is 24.0 Å². The lowest BCUT2D eigenvalue weighted by Crippen LogP contribution is -2.28. The zero-order chi connectivity index (χ0) is 16.7. The van der Waals surface area contributed by atoms with Crippen LogP contribution in [0.5, 0.6) is 0 Å². The molecule has 0 spiro atoms. The van der Waals surface area contributed by atoms with Crippen LogP contribution in [0.3, 0.4) is 0 Å². The van der Waals surface area contributed by atoms with Gasteiger partial charge in [-0.1, -0.05) is 6.07 Å². The second kappa shape index (κ2) is 8.15. The number of nitro groups is 1. The van der Waals surface area contributed by atoms with Crippen molar-refractivity contribution in [3.63, 3.8) is 0 Å². The van der Waals surface area contributed by atoms with Crippen LogP contribution in [0.4, 0.5) is 5.69 Å². The SMILES string of the molecule is CNC(=S)N/N=C\c1ccc(Sc2ncccn2)c([N+](=O)[O-])c1. The van der Waals surface area contributed by atoms with Crippen LogP contribution < -0.4 is 10.7 Å². The van der Waals surface area contributed by atoms with Gasteiger partial charge in [-0.15, -0.1) is 0 Å². The van der Waals surface area contributed by atoms with E-state index in [4.69, 9.17) is 12.2 Å². The number of aromatic nitrogens is 2. The van der Waals surface area contributed by atoms with Crippen LogP contribution in [0.2, 0.25) is 0 Å². The highest BCUT2D eigenvalue weighted by atomic mass is 32.2. The molecule has 118 valence electrons. The highest BCUT2D eigenvalue weighted by molar-refractivity contribution is 7.99. The maximum Gasteiger partial charge on any atom is 0.283 e. The molecule has 0 saturated carbocycles. The van der Waals surface area contributed by atoms with Crippen molar-refractivity contribution >= 4 is 41.0 Å². The van der Waals surface area contributed by atoms with Gasteiger partial charge in [0.15, 0.2) is 10.3 Å². The third-order valence-electron chi connectivity index (χ3n) is 2.53. The van der Waals surface area contributed by atoms with E-state index in [0.29, 0.717) is 20.7 Å². The molecule has 0 aliphatic rings. The maximum absolute atomic E-state index is 11.3. The maximum atomic E-state index is 11.3. The van der Waals surface area contributed by atoms with E-state index in [0.717, 1.165) is 11.8 Å². The molecule has 0 fully saturated rings. The predicted octanol–water partition coefficient (Wildman–Crippen LogP) is 1.96. The van der Waals surface area contributed by atoms with Crippen molar-refractivity contribution in [3.05, 3.63) is 52.3 Å². The Morgan fingerprint density at radius 2 is 2.17 bits per heavy atom. The topological polar surface area (TPSA) is 105 Å². The second-order valence-electron chi connectivity index (χ2n) is 4.07. The molecular formula is C13H12N6O2S2. The third kappa shape index (κ3) is 4.97. The molecule has 1 aromatic heterocycles. The van der Waals surface area contributed by atoms with E-state index in [1.54, 1.807) is 37.6 Å². The second-order valence-corrected chi connectivity index (χ2v) is 5.48. The number of hydrogen-bond acceptors (Lipinski definition) is 7. The third-order valence-corrected chi connectivity index (χ3v) is 3.78. The molecule has 0 bridgehead atoms. The number of benzene rings is 1. The summed E-state index contributed by atoms with van der Waals surface area (Å²) in [6, 6.07) is 6.46. The lowest BCUT2D eigenvalue weighted by Gasteiger charge is -2.03. The normalized spacial score (nSPS) is 10.5. The van der Waals surface area contributed by atoms with Gasteiger partial charge in [0.2, 0.25) is 0 Å². The van der Waals surface area contributed by atoms with Crippen LogP contribution in [0.25, 0.3) is 0 Å². The van der Waals surface area contributed by atoms with Crippen molar-refractivity contribution in [3.8, 4) is 0 Å². The van der Waals surface area contributed by atoms with E-state index in [2.05, 4.69) is 25.8 Å². The summed E-state index contributed by atoms with van der Waals surface area (Å²) in [5.74, 6) is 0. The van der Waals surface area contributed by atoms with Gasteiger partial charge in [-0.2, -0.15) is 5.10 Å². The molecule has 23 heavy (non-hydrogen) atoms. The van der Waals surface area contributed by atoms with Crippen LogP contribution in [0, 0.1) is 10.1 Å². The molecule has 2 aromatic rings. The van der Waals surface area contributed by atoms with Gasteiger partial charge in [0.05, 0.1) is 16.0 Å².